The Bertz CT molecular complexity index is 162. The van der Waals surface area contributed by atoms with Crippen LogP contribution in [0.4, 0.5) is 30.7 Å². The lowest BCUT2D eigenvalue weighted by molar-refractivity contribution is 0.400. The van der Waals surface area contributed by atoms with E-state index in [2.05, 4.69) is 6.58 Å². The highest BCUT2D eigenvalue weighted by Gasteiger charge is 1.78. The van der Waals surface area contributed by atoms with Crippen LogP contribution in [0, 0.1) is 0 Å². The van der Waals surface area contributed by atoms with Crippen molar-refractivity contribution in [3.05, 3.63) is 50.4 Å². The minimum Gasteiger partial charge on any atom is -0.216 e. The minimum absolute atomic E-state index is 0.167. The summed E-state index contributed by atoms with van der Waals surface area (Å²) < 4.78 is 71.6. The topological polar surface area (TPSA) is 0 Å². The van der Waals surface area contributed by atoms with E-state index in [1.54, 1.807) is 6.92 Å². The van der Waals surface area contributed by atoms with Gasteiger partial charge in [-0.3, -0.25) is 0 Å². The van der Waals surface area contributed by atoms with Gasteiger partial charge in [0.1, 0.15) is 12.7 Å². The van der Waals surface area contributed by atoms with E-state index in [0.29, 0.717) is 6.33 Å². The third kappa shape index (κ3) is 269. The standard InChI is InChI=1S/C3H5F.C2HF3.C2H2F2.C2H3F/c1-2-3-4;3-1-2(4)5;3-1-2-4;1-2-3/h2-3H,1H3;1H;1-2H;2H,1H2. The van der Waals surface area contributed by atoms with E-state index in [-0.39, 0.29) is 19.0 Å². The first-order chi connectivity index (χ1) is 7.51. The first-order valence-electron chi connectivity index (χ1n) is 3.41. The average molecular weight is 252 g/mol. The van der Waals surface area contributed by atoms with Crippen molar-refractivity contribution in [3.63, 3.8) is 0 Å². The van der Waals surface area contributed by atoms with Crippen molar-refractivity contribution >= 4 is 0 Å². The Labute approximate surface area is 89.1 Å². The lowest BCUT2D eigenvalue weighted by Gasteiger charge is -1.59. The molecule has 0 radical (unpaired) electrons. The molecule has 0 unspecified atom stereocenters. The van der Waals surface area contributed by atoms with Crippen LogP contribution in [0.25, 0.3) is 0 Å². The second-order valence-electron chi connectivity index (χ2n) is 1.26. The van der Waals surface area contributed by atoms with Gasteiger partial charge in [0.05, 0.1) is 12.7 Å². The van der Waals surface area contributed by atoms with Crippen LogP contribution in [0.5, 0.6) is 0 Å². The van der Waals surface area contributed by atoms with Gasteiger partial charge in [0.2, 0.25) is 0 Å². The van der Waals surface area contributed by atoms with Crippen LogP contribution >= 0.6 is 0 Å². The zero-order valence-electron chi connectivity index (χ0n) is 8.32. The summed E-state index contributed by atoms with van der Waals surface area (Å²) in [4.78, 5) is 0. The zero-order valence-corrected chi connectivity index (χ0v) is 8.32. The van der Waals surface area contributed by atoms with Crippen molar-refractivity contribution < 1.29 is 30.7 Å². The Kier molecular flexibility index (Phi) is 56.2. The molecule has 0 saturated heterocycles. The van der Waals surface area contributed by atoms with Gasteiger partial charge in [-0.05, 0) is 6.92 Å². The minimum atomic E-state index is -2.29. The molecule has 0 aliphatic heterocycles. The molecule has 16 heavy (non-hydrogen) atoms. The maximum absolute atomic E-state index is 10.5. The van der Waals surface area contributed by atoms with E-state index in [9.17, 15) is 30.7 Å². The Morgan fingerprint density at radius 1 is 0.875 bits per heavy atom. The van der Waals surface area contributed by atoms with Crippen LogP contribution in [-0.4, -0.2) is 0 Å². The summed E-state index contributed by atoms with van der Waals surface area (Å²) in [6, 6.07) is 0. The SMILES string of the molecule is C=CF.CC=CF.FC=C(F)F.FC=CF. The van der Waals surface area contributed by atoms with Crippen molar-refractivity contribution in [2.45, 2.75) is 6.92 Å². The highest BCUT2D eigenvalue weighted by atomic mass is 19.3. The fourth-order valence-corrected chi connectivity index (χ4v) is 0. The van der Waals surface area contributed by atoms with Gasteiger partial charge in [0.25, 0.3) is 6.08 Å². The largest absolute Gasteiger partial charge is 0.298 e. The van der Waals surface area contributed by atoms with Crippen molar-refractivity contribution in [1.82, 2.24) is 0 Å². The Morgan fingerprint density at radius 2 is 1.06 bits per heavy atom. The van der Waals surface area contributed by atoms with Crippen LogP contribution < -0.4 is 0 Å². The van der Waals surface area contributed by atoms with Crippen molar-refractivity contribution in [2.24, 2.45) is 0 Å². The van der Waals surface area contributed by atoms with E-state index in [4.69, 9.17) is 0 Å². The molecule has 0 aliphatic carbocycles. The molecule has 0 nitrogen and oxygen atoms in total. The molecular formula is C9H11F7. The smallest absolute Gasteiger partial charge is 0.216 e. The number of halogens is 7. The summed E-state index contributed by atoms with van der Waals surface area (Å²) in [5, 5.41) is 0. The molecule has 0 N–H and O–H groups in total. The first-order valence-corrected chi connectivity index (χ1v) is 3.41. The molecule has 0 aliphatic rings. The molecule has 7 heteroatoms. The molecule has 0 amide bonds. The predicted octanol–water partition coefficient (Wildman–Crippen LogP) is 5.68. The summed E-state index contributed by atoms with van der Waals surface area (Å²) in [6.45, 7) is 4.32. The van der Waals surface area contributed by atoms with Gasteiger partial charge >= 0.3 is 0 Å². The maximum atomic E-state index is 10.5. The second kappa shape index (κ2) is 37.5. The monoisotopic (exact) mass is 252 g/mol. The van der Waals surface area contributed by atoms with Crippen LogP contribution in [0.1, 0.15) is 6.92 Å². The van der Waals surface area contributed by atoms with Gasteiger partial charge in [-0.2, -0.15) is 8.78 Å². The summed E-state index contributed by atoms with van der Waals surface area (Å²) in [5.41, 5.74) is 0. The molecule has 0 fully saturated rings. The van der Waals surface area contributed by atoms with E-state index in [0.717, 1.165) is 0 Å². The molecule has 0 spiro atoms. The first kappa shape index (κ1) is 24.0. The van der Waals surface area contributed by atoms with E-state index in [1.807, 2.05) is 0 Å². The molecule has 0 heterocycles. The molecule has 0 aromatic heterocycles. The van der Waals surface area contributed by atoms with Gasteiger partial charge in [-0.15, -0.1) is 0 Å². The Balaban J connectivity index is -0.0000000610. The van der Waals surface area contributed by atoms with Gasteiger partial charge in [-0.1, -0.05) is 12.7 Å². The van der Waals surface area contributed by atoms with Crippen molar-refractivity contribution in [1.29, 1.82) is 0 Å². The van der Waals surface area contributed by atoms with Crippen LogP contribution in [0.15, 0.2) is 50.4 Å². The maximum Gasteiger partial charge on any atom is 0.298 e. The van der Waals surface area contributed by atoms with Gasteiger partial charge in [0.15, 0.2) is 6.33 Å². The molecule has 0 rings (SSSR count). The van der Waals surface area contributed by atoms with Crippen LogP contribution in [0.2, 0.25) is 0 Å². The average Bonchev–Trinajstić information content (AvgIpc) is 2.30. The van der Waals surface area contributed by atoms with E-state index >= 15 is 0 Å². The lowest BCUT2D eigenvalue weighted by atomic mass is 10.8. The third-order valence-electron chi connectivity index (χ3n) is 0.256. The fraction of sp³-hybridized carbons (Fsp3) is 0.111. The quantitative estimate of drug-likeness (QED) is 0.486. The summed E-state index contributed by atoms with van der Waals surface area (Å²) in [6.07, 6.45) is -1.29. The van der Waals surface area contributed by atoms with Gasteiger partial charge in [-0.25, -0.2) is 22.0 Å². The van der Waals surface area contributed by atoms with Gasteiger partial charge in [0, 0.05) is 0 Å². The summed E-state index contributed by atoms with van der Waals surface area (Å²) in [5.74, 6) is 0. The highest BCUT2D eigenvalue weighted by molar-refractivity contribution is 4.66. The normalized spacial score (nSPS) is 7.75. The third-order valence-corrected chi connectivity index (χ3v) is 0.256. The van der Waals surface area contributed by atoms with Crippen LogP contribution in [-0.2, 0) is 0 Å². The number of rotatable bonds is 0. The number of hydrogen-bond donors (Lipinski definition) is 0. The van der Waals surface area contributed by atoms with Crippen molar-refractivity contribution in [3.8, 4) is 0 Å². The highest BCUT2D eigenvalue weighted by Crippen LogP contribution is 1.93. The van der Waals surface area contributed by atoms with Gasteiger partial charge < -0.3 is 0 Å². The Hall–Kier alpha value is -1.53. The molecular weight excluding hydrogens is 241 g/mol. The molecule has 0 saturated carbocycles. The fourth-order valence-electron chi connectivity index (χ4n) is 0. The number of allylic oxidation sites excluding steroid dienone is 1. The molecule has 0 aromatic carbocycles. The van der Waals surface area contributed by atoms with E-state index < -0.39 is 12.4 Å². The van der Waals surface area contributed by atoms with Crippen molar-refractivity contribution in [2.75, 3.05) is 0 Å². The molecule has 96 valence electrons. The Morgan fingerprint density at radius 3 is 1.06 bits per heavy atom. The second-order valence-corrected chi connectivity index (χ2v) is 1.26. The molecule has 0 bridgehead atoms. The molecule has 0 aromatic rings. The molecule has 0 atom stereocenters. The van der Waals surface area contributed by atoms with E-state index in [1.165, 1.54) is 6.08 Å². The lowest BCUT2D eigenvalue weighted by Crippen LogP contribution is -1.42. The van der Waals surface area contributed by atoms with Crippen LogP contribution in [0.3, 0.4) is 0 Å². The summed E-state index contributed by atoms with van der Waals surface area (Å²) in [7, 11) is 0. The number of hydrogen-bond acceptors (Lipinski definition) is 0. The zero-order chi connectivity index (χ0) is 13.8. The summed E-state index contributed by atoms with van der Waals surface area (Å²) >= 11 is 0. The predicted molar refractivity (Wildman–Crippen MR) is 50.0 cm³/mol.